The molecule has 6 nitrogen and oxygen atoms in total. The number of carbonyl (C=O) groups is 2. The number of imide groups is 1. The molecule has 2 aromatic carbocycles. The van der Waals surface area contributed by atoms with Crippen LogP contribution in [0.1, 0.15) is 11.1 Å². The number of ether oxygens (including phenoxy) is 2. The highest BCUT2D eigenvalue weighted by Gasteiger charge is 2.33. The third kappa shape index (κ3) is 4.09. The third-order valence-corrected chi connectivity index (χ3v) is 4.89. The van der Waals surface area contributed by atoms with Crippen molar-refractivity contribution in [3.05, 3.63) is 62.7 Å². The molecule has 0 atom stereocenters. The first-order valence-corrected chi connectivity index (χ1v) is 9.10. The van der Waals surface area contributed by atoms with Crippen LogP contribution in [0.4, 0.5) is 4.79 Å². The number of amides is 3. The second kappa shape index (κ2) is 8.02. The van der Waals surface area contributed by atoms with E-state index in [1.807, 2.05) is 0 Å². The van der Waals surface area contributed by atoms with Crippen LogP contribution in [-0.4, -0.2) is 31.1 Å². The molecule has 8 heteroatoms. The Morgan fingerprint density at radius 3 is 2.41 bits per heavy atom. The molecule has 1 fully saturated rings. The minimum atomic E-state index is -0.479. The van der Waals surface area contributed by atoms with Crippen LogP contribution in [0.3, 0.4) is 0 Å². The molecule has 0 aliphatic carbocycles. The first-order valence-electron chi connectivity index (χ1n) is 7.93. The molecule has 2 aromatic rings. The first-order chi connectivity index (χ1) is 12.9. The summed E-state index contributed by atoms with van der Waals surface area (Å²) in [6.45, 7) is 0.155. The maximum Gasteiger partial charge on any atom is 0.329 e. The SMILES string of the molecule is COc1cc(OC)c(C=C2NC(=O)N(Cc3ccc(Cl)cc3)C2=O)cc1Br. The number of benzene rings is 2. The van der Waals surface area contributed by atoms with Crippen molar-refractivity contribution < 1.29 is 19.1 Å². The average molecular weight is 452 g/mol. The van der Waals surface area contributed by atoms with Crippen molar-refractivity contribution in [1.29, 1.82) is 0 Å². The normalized spacial score (nSPS) is 15.3. The summed E-state index contributed by atoms with van der Waals surface area (Å²) in [5, 5.41) is 3.20. The van der Waals surface area contributed by atoms with Gasteiger partial charge in [0.2, 0.25) is 0 Å². The van der Waals surface area contributed by atoms with E-state index in [9.17, 15) is 9.59 Å². The molecular formula is C19H16BrClN2O4. The fourth-order valence-electron chi connectivity index (χ4n) is 2.64. The largest absolute Gasteiger partial charge is 0.496 e. The maximum atomic E-state index is 12.7. The molecule has 0 unspecified atom stereocenters. The summed E-state index contributed by atoms with van der Waals surface area (Å²) in [6, 6.07) is 9.95. The van der Waals surface area contributed by atoms with Crippen molar-refractivity contribution in [2.24, 2.45) is 0 Å². The topological polar surface area (TPSA) is 67.9 Å². The summed E-state index contributed by atoms with van der Waals surface area (Å²) in [6.07, 6.45) is 1.57. The Morgan fingerprint density at radius 2 is 1.78 bits per heavy atom. The molecule has 1 aliphatic heterocycles. The molecule has 0 aromatic heterocycles. The highest BCUT2D eigenvalue weighted by Crippen LogP contribution is 2.34. The van der Waals surface area contributed by atoms with Gasteiger partial charge in [-0.3, -0.25) is 9.69 Å². The lowest BCUT2D eigenvalue weighted by atomic mass is 10.1. The number of hydrogen-bond donors (Lipinski definition) is 1. The molecule has 3 rings (SSSR count). The molecule has 0 radical (unpaired) electrons. The summed E-state index contributed by atoms with van der Waals surface area (Å²) in [4.78, 5) is 26.1. The molecule has 27 heavy (non-hydrogen) atoms. The molecule has 1 saturated heterocycles. The average Bonchev–Trinajstić information content (AvgIpc) is 2.91. The lowest BCUT2D eigenvalue weighted by Gasteiger charge is -2.12. The molecule has 0 spiro atoms. The van der Waals surface area contributed by atoms with Gasteiger partial charge in [-0.2, -0.15) is 0 Å². The van der Waals surface area contributed by atoms with E-state index in [1.165, 1.54) is 7.11 Å². The zero-order chi connectivity index (χ0) is 19.6. The molecule has 140 valence electrons. The number of urea groups is 1. The molecule has 3 amide bonds. The number of halogens is 2. The summed E-state index contributed by atoms with van der Waals surface area (Å²) in [5.41, 5.74) is 1.60. The van der Waals surface area contributed by atoms with Crippen LogP contribution < -0.4 is 14.8 Å². The van der Waals surface area contributed by atoms with E-state index in [-0.39, 0.29) is 12.2 Å². The highest BCUT2D eigenvalue weighted by atomic mass is 79.9. The summed E-state index contributed by atoms with van der Waals surface area (Å²) in [5.74, 6) is 0.699. The number of hydrogen-bond acceptors (Lipinski definition) is 4. The van der Waals surface area contributed by atoms with Crippen LogP contribution in [0.25, 0.3) is 6.08 Å². The van der Waals surface area contributed by atoms with Gasteiger partial charge in [0, 0.05) is 16.7 Å². The Labute approximate surface area is 169 Å². The van der Waals surface area contributed by atoms with Crippen LogP contribution in [0.2, 0.25) is 5.02 Å². The van der Waals surface area contributed by atoms with Gasteiger partial charge in [0.15, 0.2) is 0 Å². The van der Waals surface area contributed by atoms with E-state index in [4.69, 9.17) is 21.1 Å². The minimum Gasteiger partial charge on any atom is -0.496 e. The van der Waals surface area contributed by atoms with Crippen molar-refractivity contribution in [3.8, 4) is 11.5 Å². The standard InChI is InChI=1S/C19H16BrClN2O4/c1-26-16-9-17(27-2)14(20)7-12(16)8-15-18(24)23(19(25)22-15)10-11-3-5-13(21)6-4-11/h3-9H,10H2,1-2H3,(H,22,25). The molecule has 0 saturated carbocycles. The quantitative estimate of drug-likeness (QED) is 0.546. The Kier molecular flexibility index (Phi) is 5.72. The van der Waals surface area contributed by atoms with E-state index in [1.54, 1.807) is 49.6 Å². The van der Waals surface area contributed by atoms with Crippen LogP contribution in [-0.2, 0) is 11.3 Å². The summed E-state index contributed by atoms with van der Waals surface area (Å²) >= 11 is 9.27. The van der Waals surface area contributed by atoms with Gasteiger partial charge in [-0.05, 0) is 45.8 Å². The van der Waals surface area contributed by atoms with Crippen LogP contribution in [0.5, 0.6) is 11.5 Å². The Bertz CT molecular complexity index is 928. The van der Waals surface area contributed by atoms with Crippen LogP contribution in [0, 0.1) is 0 Å². The summed E-state index contributed by atoms with van der Waals surface area (Å²) < 4.78 is 11.3. The zero-order valence-electron chi connectivity index (χ0n) is 14.6. The van der Waals surface area contributed by atoms with E-state index in [0.717, 1.165) is 10.5 Å². The maximum absolute atomic E-state index is 12.7. The van der Waals surface area contributed by atoms with Gasteiger partial charge in [-0.25, -0.2) is 4.79 Å². The fourth-order valence-corrected chi connectivity index (χ4v) is 3.29. The monoisotopic (exact) mass is 450 g/mol. The predicted molar refractivity (Wildman–Crippen MR) is 106 cm³/mol. The van der Waals surface area contributed by atoms with Crippen molar-refractivity contribution in [2.45, 2.75) is 6.54 Å². The van der Waals surface area contributed by atoms with Gasteiger partial charge in [-0.1, -0.05) is 23.7 Å². The van der Waals surface area contributed by atoms with Crippen molar-refractivity contribution in [1.82, 2.24) is 10.2 Å². The highest BCUT2D eigenvalue weighted by molar-refractivity contribution is 9.10. The molecule has 1 N–H and O–H groups in total. The van der Waals surface area contributed by atoms with E-state index >= 15 is 0 Å². The number of carbonyl (C=O) groups excluding carboxylic acids is 2. The van der Waals surface area contributed by atoms with Gasteiger partial charge in [0.25, 0.3) is 5.91 Å². The number of nitrogens with one attached hydrogen (secondary N) is 1. The molecule has 1 heterocycles. The third-order valence-electron chi connectivity index (χ3n) is 4.02. The second-order valence-electron chi connectivity index (χ2n) is 5.73. The first kappa shape index (κ1) is 19.3. The smallest absolute Gasteiger partial charge is 0.329 e. The number of nitrogens with zero attached hydrogens (tertiary/aromatic N) is 1. The number of rotatable bonds is 5. The molecular weight excluding hydrogens is 436 g/mol. The minimum absolute atomic E-state index is 0.155. The van der Waals surface area contributed by atoms with E-state index in [2.05, 4.69) is 21.2 Å². The second-order valence-corrected chi connectivity index (χ2v) is 7.03. The summed E-state index contributed by atoms with van der Waals surface area (Å²) in [7, 11) is 3.07. The van der Waals surface area contributed by atoms with Crippen LogP contribution in [0.15, 0.2) is 46.6 Å². The Balaban J connectivity index is 1.88. The molecule has 0 bridgehead atoms. The van der Waals surface area contributed by atoms with Gasteiger partial charge >= 0.3 is 6.03 Å². The van der Waals surface area contributed by atoms with E-state index < -0.39 is 11.9 Å². The lowest BCUT2D eigenvalue weighted by Crippen LogP contribution is -2.30. The lowest BCUT2D eigenvalue weighted by molar-refractivity contribution is -0.123. The Morgan fingerprint density at radius 1 is 1.11 bits per heavy atom. The fraction of sp³-hybridized carbons (Fsp3) is 0.158. The Hall–Kier alpha value is -2.51. The number of methoxy groups -OCH3 is 2. The van der Waals surface area contributed by atoms with Crippen LogP contribution >= 0.6 is 27.5 Å². The van der Waals surface area contributed by atoms with Gasteiger partial charge in [-0.15, -0.1) is 0 Å². The van der Waals surface area contributed by atoms with Gasteiger partial charge < -0.3 is 14.8 Å². The molecule has 1 aliphatic rings. The van der Waals surface area contributed by atoms with Crippen molar-refractivity contribution in [2.75, 3.05) is 14.2 Å². The van der Waals surface area contributed by atoms with Gasteiger partial charge in [0.05, 0.1) is 25.2 Å². The van der Waals surface area contributed by atoms with Crippen molar-refractivity contribution in [3.63, 3.8) is 0 Å². The van der Waals surface area contributed by atoms with Crippen molar-refractivity contribution >= 4 is 45.5 Å². The van der Waals surface area contributed by atoms with Gasteiger partial charge in [0.1, 0.15) is 17.2 Å². The zero-order valence-corrected chi connectivity index (χ0v) is 16.9. The predicted octanol–water partition coefficient (Wildman–Crippen LogP) is 4.21. The van der Waals surface area contributed by atoms with E-state index in [0.29, 0.717) is 26.6 Å².